The van der Waals surface area contributed by atoms with Crippen LogP contribution in [0.2, 0.25) is 0 Å². The number of nitrogens with two attached hydrogens (primary N) is 1. The molecule has 0 aliphatic carbocycles. The van der Waals surface area contributed by atoms with Gasteiger partial charge in [0.05, 0.1) is 19.5 Å². The first-order valence-corrected chi connectivity index (χ1v) is 19.6. The zero-order valence-electron chi connectivity index (χ0n) is 24.8. The first kappa shape index (κ1) is 39.6. The number of hydrogen-bond donors (Lipinski definition) is 10. The molecule has 5 heterocycles. The maximum absolute atomic E-state index is 12.4. The topological polar surface area (TPSA) is 419 Å². The number of rotatable bonds is 14. The van der Waals surface area contributed by atoms with Gasteiger partial charge in [0.25, 0.3) is 5.56 Å². The summed E-state index contributed by atoms with van der Waals surface area (Å²) in [5, 5.41) is 41.2. The molecule has 32 heteroatoms. The van der Waals surface area contributed by atoms with Crippen molar-refractivity contribution in [3.05, 3.63) is 45.8 Å². The molecule has 284 valence electrons. The van der Waals surface area contributed by atoms with Crippen molar-refractivity contribution in [3.63, 3.8) is 0 Å². The van der Waals surface area contributed by atoms with Gasteiger partial charge in [-0.1, -0.05) is 0 Å². The zero-order valence-corrected chi connectivity index (χ0v) is 28.4. The maximum Gasteiger partial charge on any atom is 0.490 e. The molecule has 2 aliphatic heterocycles. The summed E-state index contributed by atoms with van der Waals surface area (Å²) in [5.74, 6) is -0.0228. The van der Waals surface area contributed by atoms with E-state index in [4.69, 9.17) is 15.2 Å². The molecule has 5 rings (SSSR count). The normalized spacial score (nSPS) is 31.5. The first-order valence-electron chi connectivity index (χ1n) is 13.6. The third-order valence-corrected chi connectivity index (χ3v) is 12.8. The number of nitrogen functional groups attached to an aromatic ring is 1. The van der Waals surface area contributed by atoms with Gasteiger partial charge >= 0.3 is 37.0 Å². The molecule has 3 aromatic heterocycles. The standard InChI is InChI=1S/C19H27N7O21P4/c20-15-10-16(22-5-21-15)26(6-23-10)18-14(31)12(29)8(44-18)4-42-49(35,36)46-51(39,40)47-50(37,38)45-48(33,34)41-3-7-11(28)13(30)17(43-7)25-2-1-9(27)24-19(25)32/h1-2,5-8,11-14,17-18,28-31H,3-4H2,(H,33,34)(H,35,36)(H,37,38)(H,39,40)(H2,20,21,22)(H,24,27,32)/t7-,8-,11-,12-,13-,14-,17-,18+/m1/s1. The van der Waals surface area contributed by atoms with Gasteiger partial charge in [0, 0.05) is 12.3 Å². The monoisotopic (exact) mass is 813 g/mol. The molecule has 4 unspecified atom stereocenters. The fraction of sp³-hybridized carbons (Fsp3) is 0.526. The highest BCUT2D eigenvalue weighted by atomic mass is 31.3. The fourth-order valence-corrected chi connectivity index (χ4v) is 9.63. The quantitative estimate of drug-likeness (QED) is 0.0712. The molecular weight excluding hydrogens is 786 g/mol. The van der Waals surface area contributed by atoms with Crippen molar-refractivity contribution < 1.29 is 89.7 Å². The van der Waals surface area contributed by atoms with Crippen LogP contribution < -0.4 is 17.0 Å². The molecule has 2 saturated heterocycles. The second kappa shape index (κ2) is 14.6. The summed E-state index contributed by atoms with van der Waals surface area (Å²) in [6.07, 6.45) is -10.6. The molecule has 28 nitrogen and oxygen atoms in total. The van der Waals surface area contributed by atoms with Gasteiger partial charge in [0.15, 0.2) is 23.9 Å². The molecule has 0 radical (unpaired) electrons. The molecule has 51 heavy (non-hydrogen) atoms. The minimum Gasteiger partial charge on any atom is -0.387 e. The number of nitrogens with one attached hydrogen (secondary N) is 1. The second-order valence-corrected chi connectivity index (χ2v) is 16.6. The number of aromatic amines is 1. The van der Waals surface area contributed by atoms with E-state index in [9.17, 15) is 67.8 Å². The van der Waals surface area contributed by atoms with Crippen LogP contribution in [0.1, 0.15) is 12.5 Å². The van der Waals surface area contributed by atoms with Crippen molar-refractivity contribution in [2.75, 3.05) is 18.9 Å². The first-order chi connectivity index (χ1) is 23.6. The lowest BCUT2D eigenvalue weighted by Crippen LogP contribution is -2.37. The van der Waals surface area contributed by atoms with Crippen LogP contribution in [0.4, 0.5) is 5.82 Å². The third kappa shape index (κ3) is 9.12. The van der Waals surface area contributed by atoms with Crippen LogP contribution in [0.3, 0.4) is 0 Å². The number of aliphatic hydroxyl groups excluding tert-OH is 4. The lowest BCUT2D eigenvalue weighted by molar-refractivity contribution is -0.0542. The van der Waals surface area contributed by atoms with Crippen molar-refractivity contribution in [1.82, 2.24) is 29.1 Å². The van der Waals surface area contributed by atoms with Crippen LogP contribution in [0.25, 0.3) is 11.2 Å². The van der Waals surface area contributed by atoms with Gasteiger partial charge in [0.1, 0.15) is 48.5 Å². The predicted octanol–water partition coefficient (Wildman–Crippen LogP) is -3.32. The second-order valence-electron chi connectivity index (χ2n) is 10.4. The fourth-order valence-electron chi connectivity index (χ4n) is 4.68. The number of fused-ring (bicyclic) bond motifs is 1. The van der Waals surface area contributed by atoms with Crippen LogP contribution >= 0.6 is 31.3 Å². The van der Waals surface area contributed by atoms with E-state index in [1.807, 2.05) is 4.98 Å². The minimum absolute atomic E-state index is 0.0228. The number of imidazole rings is 1. The summed E-state index contributed by atoms with van der Waals surface area (Å²) < 4.78 is 82.0. The Hall–Kier alpha value is -2.65. The Morgan fingerprint density at radius 2 is 1.24 bits per heavy atom. The lowest BCUT2D eigenvalue weighted by Gasteiger charge is -2.21. The summed E-state index contributed by atoms with van der Waals surface area (Å²) in [5.41, 5.74) is 4.02. The molecule has 0 aromatic carbocycles. The van der Waals surface area contributed by atoms with Gasteiger partial charge in [-0.15, -0.1) is 0 Å². The van der Waals surface area contributed by atoms with Gasteiger partial charge in [-0.05, 0) is 0 Å². The van der Waals surface area contributed by atoms with Gasteiger partial charge in [-0.2, -0.15) is 12.9 Å². The highest BCUT2D eigenvalue weighted by molar-refractivity contribution is 7.69. The summed E-state index contributed by atoms with van der Waals surface area (Å²) in [6.45, 7) is -2.32. The Bertz CT molecular complexity index is 2080. The molecule has 2 aliphatic rings. The highest BCUT2D eigenvalue weighted by Gasteiger charge is 2.50. The van der Waals surface area contributed by atoms with Crippen molar-refractivity contribution >= 4 is 48.3 Å². The number of hydrogen-bond acceptors (Lipinski definition) is 21. The summed E-state index contributed by atoms with van der Waals surface area (Å²) in [7, 11) is -24.0. The average molecular weight is 813 g/mol. The van der Waals surface area contributed by atoms with Gasteiger partial charge < -0.3 is 55.2 Å². The zero-order chi connectivity index (χ0) is 37.7. The predicted molar refractivity (Wildman–Crippen MR) is 157 cm³/mol. The number of nitrogens with zero attached hydrogens (tertiary/aromatic N) is 5. The average Bonchev–Trinajstić information content (AvgIpc) is 3.64. The Morgan fingerprint density at radius 3 is 1.75 bits per heavy atom. The van der Waals surface area contributed by atoms with Crippen LogP contribution in [0, 0.1) is 0 Å². The molecule has 3 aromatic rings. The van der Waals surface area contributed by atoms with Crippen LogP contribution in [-0.4, -0.2) is 119 Å². The van der Waals surface area contributed by atoms with Crippen LogP contribution in [-0.2, 0) is 49.7 Å². The minimum atomic E-state index is -6.22. The Kier molecular flexibility index (Phi) is 11.4. The lowest BCUT2D eigenvalue weighted by atomic mass is 10.1. The smallest absolute Gasteiger partial charge is 0.387 e. The number of phosphoric ester groups is 2. The number of aromatic nitrogens is 6. The number of aliphatic hydroxyl groups is 4. The van der Waals surface area contributed by atoms with E-state index in [0.29, 0.717) is 4.57 Å². The number of H-pyrrole nitrogens is 1. The Labute approximate surface area is 281 Å². The van der Waals surface area contributed by atoms with Crippen molar-refractivity contribution in [2.45, 2.75) is 49.1 Å². The van der Waals surface area contributed by atoms with E-state index in [0.717, 1.165) is 29.5 Å². The van der Waals surface area contributed by atoms with Crippen molar-refractivity contribution in [1.29, 1.82) is 0 Å². The van der Waals surface area contributed by atoms with Crippen LogP contribution in [0.5, 0.6) is 0 Å². The number of phosphoric acid groups is 4. The third-order valence-electron chi connectivity index (χ3n) is 6.88. The van der Waals surface area contributed by atoms with E-state index in [1.165, 1.54) is 0 Å². The molecule has 0 bridgehead atoms. The SMILES string of the molecule is Nc1ncnc2c1ncn2[C@H]1O[C@H](COP(=O)(O)OP(=O)(O)OP(=O)(O)OP(=O)(O)OC[C@H]2O[C@@H](n3ccc(=O)[nH]c3=O)[C@H](O)[C@@H]2O)[C@@H](O)[C@H]1O. The van der Waals surface area contributed by atoms with E-state index >= 15 is 0 Å². The number of ether oxygens (including phenoxy) is 2. The Morgan fingerprint density at radius 1 is 0.745 bits per heavy atom. The summed E-state index contributed by atoms with van der Waals surface area (Å²) in [6, 6.07) is 0.876. The largest absolute Gasteiger partial charge is 0.490 e. The van der Waals surface area contributed by atoms with Crippen LogP contribution in [0.15, 0.2) is 34.5 Å². The molecule has 12 atom stereocenters. The van der Waals surface area contributed by atoms with Gasteiger partial charge in [0.2, 0.25) is 0 Å². The molecule has 0 saturated carbocycles. The van der Waals surface area contributed by atoms with Crippen molar-refractivity contribution in [3.8, 4) is 0 Å². The van der Waals surface area contributed by atoms with E-state index in [-0.39, 0.29) is 17.0 Å². The van der Waals surface area contributed by atoms with Gasteiger partial charge in [-0.3, -0.25) is 28.0 Å². The summed E-state index contributed by atoms with van der Waals surface area (Å²) >= 11 is 0. The Balaban J connectivity index is 1.14. The number of anilines is 1. The van der Waals surface area contributed by atoms with E-state index in [1.54, 1.807) is 0 Å². The molecular formula is C19H27N7O21P4. The van der Waals surface area contributed by atoms with Crippen molar-refractivity contribution in [2.24, 2.45) is 0 Å². The molecule has 2 fully saturated rings. The summed E-state index contributed by atoms with van der Waals surface area (Å²) in [4.78, 5) is 76.1. The highest BCUT2D eigenvalue weighted by Crippen LogP contribution is 2.71. The molecule has 0 amide bonds. The van der Waals surface area contributed by atoms with E-state index in [2.05, 4.69) is 36.9 Å². The maximum atomic E-state index is 12.4. The van der Waals surface area contributed by atoms with Gasteiger partial charge in [-0.25, -0.2) is 38.0 Å². The molecule has 11 N–H and O–H groups in total. The molecule has 0 spiro atoms. The van der Waals surface area contributed by atoms with E-state index < -0.39 is 105 Å².